The van der Waals surface area contributed by atoms with E-state index in [9.17, 15) is 14.9 Å². The van der Waals surface area contributed by atoms with Gasteiger partial charge in [-0.05, 0) is 31.2 Å². The van der Waals surface area contributed by atoms with Crippen LogP contribution in [-0.2, 0) is 4.74 Å². The van der Waals surface area contributed by atoms with E-state index in [1.54, 1.807) is 0 Å². The molecule has 1 N–H and O–H groups in total. The third-order valence-electron chi connectivity index (χ3n) is 2.80. The highest BCUT2D eigenvalue weighted by atomic mass is 32.1. The number of nitrogens with one attached hydrogen (secondary N) is 1. The van der Waals surface area contributed by atoms with E-state index < -0.39 is 4.92 Å². The van der Waals surface area contributed by atoms with Gasteiger partial charge >= 0.3 is 5.00 Å². The van der Waals surface area contributed by atoms with Crippen LogP contribution in [0, 0.1) is 16.0 Å². The summed E-state index contributed by atoms with van der Waals surface area (Å²) in [6.45, 7) is 1.99. The van der Waals surface area contributed by atoms with Gasteiger partial charge in [-0.15, -0.1) is 0 Å². The van der Waals surface area contributed by atoms with Gasteiger partial charge in [0, 0.05) is 25.8 Å². The van der Waals surface area contributed by atoms with Crippen molar-refractivity contribution in [3.63, 3.8) is 0 Å². The third-order valence-corrected chi connectivity index (χ3v) is 3.83. The van der Waals surface area contributed by atoms with Gasteiger partial charge in [-0.25, -0.2) is 0 Å². The molecule has 1 saturated carbocycles. The number of ether oxygens (including phenoxy) is 1. The van der Waals surface area contributed by atoms with E-state index in [-0.39, 0.29) is 10.9 Å². The highest BCUT2D eigenvalue weighted by Crippen LogP contribution is 2.28. The van der Waals surface area contributed by atoms with Gasteiger partial charge in [0.2, 0.25) is 0 Å². The summed E-state index contributed by atoms with van der Waals surface area (Å²) in [5.41, 5.74) is 0. The molecule has 1 amide bonds. The van der Waals surface area contributed by atoms with Crippen LogP contribution in [0.1, 0.15) is 28.9 Å². The Morgan fingerprint density at radius 1 is 1.53 bits per heavy atom. The molecule has 1 fully saturated rings. The molecule has 0 atom stereocenters. The Morgan fingerprint density at radius 2 is 2.32 bits per heavy atom. The van der Waals surface area contributed by atoms with Gasteiger partial charge in [-0.3, -0.25) is 14.9 Å². The number of hydrogen-bond donors (Lipinski definition) is 1. The van der Waals surface area contributed by atoms with Crippen LogP contribution in [0.2, 0.25) is 0 Å². The summed E-state index contributed by atoms with van der Waals surface area (Å²) in [5, 5.41) is 13.2. The van der Waals surface area contributed by atoms with Crippen molar-refractivity contribution in [1.82, 2.24) is 5.32 Å². The Hall–Kier alpha value is -1.47. The van der Waals surface area contributed by atoms with Gasteiger partial charge in [-0.2, -0.15) is 0 Å². The lowest BCUT2D eigenvalue weighted by molar-refractivity contribution is -0.380. The SMILES string of the molecule is O=C(NCCCOCC1CC1)c1ccc([N+](=O)[O-])s1. The lowest BCUT2D eigenvalue weighted by atomic mass is 10.4. The molecule has 6 nitrogen and oxygen atoms in total. The van der Waals surface area contributed by atoms with Crippen molar-refractivity contribution in [3.05, 3.63) is 27.1 Å². The molecule has 0 unspecified atom stereocenters. The summed E-state index contributed by atoms with van der Waals surface area (Å²) in [4.78, 5) is 22.0. The van der Waals surface area contributed by atoms with E-state index in [4.69, 9.17) is 4.74 Å². The maximum Gasteiger partial charge on any atom is 0.324 e. The summed E-state index contributed by atoms with van der Waals surface area (Å²) in [6.07, 6.45) is 3.30. The minimum Gasteiger partial charge on any atom is -0.381 e. The number of rotatable bonds is 8. The van der Waals surface area contributed by atoms with Crippen molar-refractivity contribution in [3.8, 4) is 0 Å². The average molecular weight is 284 g/mol. The zero-order valence-electron chi connectivity index (χ0n) is 10.5. The minimum atomic E-state index is -0.493. The lowest BCUT2D eigenvalue weighted by Gasteiger charge is -2.04. The molecule has 0 aromatic carbocycles. The van der Waals surface area contributed by atoms with E-state index >= 15 is 0 Å². The summed E-state index contributed by atoms with van der Waals surface area (Å²) in [6, 6.07) is 2.82. The Labute approximate surface area is 114 Å². The first-order valence-electron chi connectivity index (χ1n) is 6.27. The van der Waals surface area contributed by atoms with E-state index in [1.165, 1.54) is 25.0 Å². The highest BCUT2D eigenvalue weighted by Gasteiger charge is 2.20. The summed E-state index contributed by atoms with van der Waals surface area (Å²) < 4.78 is 5.44. The van der Waals surface area contributed by atoms with Gasteiger partial charge in [0.15, 0.2) is 0 Å². The maximum atomic E-state index is 11.7. The minimum absolute atomic E-state index is 0.0158. The van der Waals surface area contributed by atoms with Crippen LogP contribution in [0.15, 0.2) is 12.1 Å². The van der Waals surface area contributed by atoms with Crippen LogP contribution in [0.4, 0.5) is 5.00 Å². The fraction of sp³-hybridized carbons (Fsp3) is 0.583. The fourth-order valence-electron chi connectivity index (χ4n) is 1.55. The topological polar surface area (TPSA) is 81.5 Å². The second-order valence-electron chi connectivity index (χ2n) is 4.52. The van der Waals surface area contributed by atoms with Crippen molar-refractivity contribution in [1.29, 1.82) is 0 Å². The molecule has 1 aromatic heterocycles. The average Bonchev–Trinajstić information content (AvgIpc) is 3.06. The van der Waals surface area contributed by atoms with Gasteiger partial charge < -0.3 is 10.1 Å². The molecule has 1 aliphatic carbocycles. The third kappa shape index (κ3) is 4.60. The van der Waals surface area contributed by atoms with E-state index in [1.807, 2.05) is 0 Å². The normalized spacial score (nSPS) is 14.3. The van der Waals surface area contributed by atoms with Crippen LogP contribution in [0.25, 0.3) is 0 Å². The molecule has 7 heteroatoms. The number of nitrogens with zero attached hydrogens (tertiary/aromatic N) is 1. The van der Waals surface area contributed by atoms with Crippen LogP contribution in [0.5, 0.6) is 0 Å². The molecule has 104 valence electrons. The molecule has 1 aromatic rings. The molecule has 1 heterocycles. The number of amides is 1. The summed E-state index contributed by atoms with van der Waals surface area (Å²) in [7, 11) is 0. The van der Waals surface area contributed by atoms with Crippen molar-refractivity contribution >= 4 is 22.2 Å². The largest absolute Gasteiger partial charge is 0.381 e. The van der Waals surface area contributed by atoms with Gasteiger partial charge in [0.05, 0.1) is 9.80 Å². The van der Waals surface area contributed by atoms with Crippen molar-refractivity contribution < 1.29 is 14.5 Å². The molecular weight excluding hydrogens is 268 g/mol. The van der Waals surface area contributed by atoms with Crippen molar-refractivity contribution in [2.45, 2.75) is 19.3 Å². The van der Waals surface area contributed by atoms with Gasteiger partial charge in [0.1, 0.15) is 0 Å². The van der Waals surface area contributed by atoms with E-state index in [0.29, 0.717) is 18.0 Å². The summed E-state index contributed by atoms with van der Waals surface area (Å²) in [5.74, 6) is 0.488. The first-order valence-corrected chi connectivity index (χ1v) is 7.08. The Kier molecular flexibility index (Phi) is 4.86. The van der Waals surface area contributed by atoms with E-state index in [2.05, 4.69) is 5.32 Å². The molecule has 19 heavy (non-hydrogen) atoms. The predicted molar refractivity (Wildman–Crippen MR) is 71.5 cm³/mol. The van der Waals surface area contributed by atoms with Crippen LogP contribution in [0.3, 0.4) is 0 Å². The van der Waals surface area contributed by atoms with Crippen molar-refractivity contribution in [2.75, 3.05) is 19.8 Å². The molecule has 0 spiro atoms. The Morgan fingerprint density at radius 3 is 2.95 bits per heavy atom. The standard InChI is InChI=1S/C12H16N2O4S/c15-12(10-4-5-11(19-10)14(16)17)13-6-1-7-18-8-9-2-3-9/h4-5,9H,1-3,6-8H2,(H,13,15). The first-order chi connectivity index (χ1) is 9.16. The van der Waals surface area contributed by atoms with Gasteiger partial charge in [-0.1, -0.05) is 11.3 Å². The first kappa shape index (κ1) is 14.0. The number of carbonyl (C=O) groups is 1. The molecule has 2 rings (SSSR count). The number of thiophene rings is 1. The number of carbonyl (C=O) groups excluding carboxylic acids is 1. The molecular formula is C12H16N2O4S. The summed E-state index contributed by atoms with van der Waals surface area (Å²) >= 11 is 0.887. The Bertz CT molecular complexity index is 456. The number of hydrogen-bond acceptors (Lipinski definition) is 5. The monoisotopic (exact) mass is 284 g/mol. The molecule has 0 bridgehead atoms. The zero-order valence-corrected chi connectivity index (χ0v) is 11.3. The smallest absolute Gasteiger partial charge is 0.324 e. The van der Waals surface area contributed by atoms with Crippen LogP contribution in [-0.4, -0.2) is 30.6 Å². The molecule has 0 aliphatic heterocycles. The number of nitro groups is 1. The maximum absolute atomic E-state index is 11.7. The lowest BCUT2D eigenvalue weighted by Crippen LogP contribution is -2.24. The quantitative estimate of drug-likeness (QED) is 0.451. The molecule has 0 radical (unpaired) electrons. The van der Waals surface area contributed by atoms with Crippen LogP contribution < -0.4 is 5.32 Å². The van der Waals surface area contributed by atoms with Crippen molar-refractivity contribution in [2.24, 2.45) is 5.92 Å². The van der Waals surface area contributed by atoms with Gasteiger partial charge in [0.25, 0.3) is 5.91 Å². The Balaban J connectivity index is 1.61. The predicted octanol–water partition coefficient (Wildman–Crippen LogP) is 2.20. The highest BCUT2D eigenvalue weighted by molar-refractivity contribution is 7.17. The second-order valence-corrected chi connectivity index (χ2v) is 5.58. The fourth-order valence-corrected chi connectivity index (χ4v) is 2.28. The van der Waals surface area contributed by atoms with E-state index in [0.717, 1.165) is 30.3 Å². The van der Waals surface area contributed by atoms with Crippen LogP contribution >= 0.6 is 11.3 Å². The molecule has 1 aliphatic rings. The molecule has 0 saturated heterocycles. The zero-order chi connectivity index (χ0) is 13.7. The second kappa shape index (κ2) is 6.63.